The van der Waals surface area contributed by atoms with Crippen LogP contribution in [0.25, 0.3) is 5.57 Å². The van der Waals surface area contributed by atoms with Crippen LogP contribution in [-0.2, 0) is 20.7 Å². The molecule has 0 bridgehead atoms. The fraction of sp³-hybridized carbons (Fsp3) is 0.300. The number of alkyl halides is 1. The SMILES string of the molecule is C=C(C)C(=O)O/C(=C/C=C(\C)c1ccc(C=O)c(CCOC)c1)CF. The summed E-state index contributed by atoms with van der Waals surface area (Å²) in [5, 5.41) is 0. The van der Waals surface area contributed by atoms with E-state index in [1.165, 1.54) is 13.0 Å². The quantitative estimate of drug-likeness (QED) is 0.222. The third-order valence-corrected chi connectivity index (χ3v) is 3.52. The van der Waals surface area contributed by atoms with Crippen LogP contribution < -0.4 is 0 Å². The van der Waals surface area contributed by atoms with Gasteiger partial charge in [0.15, 0.2) is 0 Å². The molecule has 0 aliphatic heterocycles. The van der Waals surface area contributed by atoms with Gasteiger partial charge in [0.25, 0.3) is 0 Å². The van der Waals surface area contributed by atoms with Gasteiger partial charge in [-0.25, -0.2) is 9.18 Å². The van der Waals surface area contributed by atoms with Crippen LogP contribution in [0.3, 0.4) is 0 Å². The van der Waals surface area contributed by atoms with E-state index in [2.05, 4.69) is 6.58 Å². The number of rotatable bonds is 9. The first-order valence-corrected chi connectivity index (χ1v) is 7.81. The van der Waals surface area contributed by atoms with Crippen molar-refractivity contribution in [3.63, 3.8) is 0 Å². The highest BCUT2D eigenvalue weighted by molar-refractivity contribution is 5.87. The Morgan fingerprint density at radius 1 is 1.28 bits per heavy atom. The van der Waals surface area contributed by atoms with Gasteiger partial charge in [0.05, 0.1) is 6.61 Å². The minimum atomic E-state index is -0.897. The highest BCUT2D eigenvalue weighted by Crippen LogP contribution is 2.19. The van der Waals surface area contributed by atoms with E-state index in [0.29, 0.717) is 18.6 Å². The summed E-state index contributed by atoms with van der Waals surface area (Å²) in [6.07, 6.45) is 4.51. The molecule has 134 valence electrons. The maximum Gasteiger partial charge on any atom is 0.338 e. The van der Waals surface area contributed by atoms with Gasteiger partial charge in [0.1, 0.15) is 18.7 Å². The standard InChI is InChI=1S/C20H23FO4/c1-14(2)20(23)25-19(12-21)8-5-15(3)16-6-7-18(13-22)17(11-16)9-10-24-4/h5-8,11,13H,1,9-10,12H2,2-4H3/b15-5+,19-8+. The molecule has 25 heavy (non-hydrogen) atoms. The van der Waals surface area contributed by atoms with E-state index in [4.69, 9.17) is 9.47 Å². The van der Waals surface area contributed by atoms with Crippen molar-refractivity contribution in [1.29, 1.82) is 0 Å². The van der Waals surface area contributed by atoms with Gasteiger partial charge < -0.3 is 9.47 Å². The zero-order chi connectivity index (χ0) is 18.8. The number of carbonyl (C=O) groups is 2. The summed E-state index contributed by atoms with van der Waals surface area (Å²) in [6.45, 7) is 6.42. The Morgan fingerprint density at radius 3 is 2.56 bits per heavy atom. The maximum absolute atomic E-state index is 13.0. The average Bonchev–Trinajstić information content (AvgIpc) is 2.62. The highest BCUT2D eigenvalue weighted by atomic mass is 19.1. The Labute approximate surface area is 147 Å². The Kier molecular flexibility index (Phi) is 8.50. The van der Waals surface area contributed by atoms with Crippen LogP contribution in [0.5, 0.6) is 0 Å². The number of aldehydes is 1. The van der Waals surface area contributed by atoms with Crippen LogP contribution in [0.2, 0.25) is 0 Å². The van der Waals surface area contributed by atoms with Crippen molar-refractivity contribution in [1.82, 2.24) is 0 Å². The first-order chi connectivity index (χ1) is 11.9. The van der Waals surface area contributed by atoms with Gasteiger partial charge in [-0.05, 0) is 43.0 Å². The zero-order valence-electron chi connectivity index (χ0n) is 14.8. The lowest BCUT2D eigenvalue weighted by molar-refractivity contribution is -0.135. The summed E-state index contributed by atoms with van der Waals surface area (Å²) in [5.41, 5.74) is 3.42. The van der Waals surface area contributed by atoms with Gasteiger partial charge in [-0.15, -0.1) is 0 Å². The van der Waals surface area contributed by atoms with E-state index < -0.39 is 12.6 Å². The summed E-state index contributed by atoms with van der Waals surface area (Å²) in [7, 11) is 1.60. The molecule has 0 aliphatic rings. The summed E-state index contributed by atoms with van der Waals surface area (Å²) in [5.74, 6) is -0.747. The molecule has 0 spiro atoms. The second kappa shape index (κ2) is 10.4. The molecule has 0 N–H and O–H groups in total. The molecule has 0 fully saturated rings. The van der Waals surface area contributed by atoms with Crippen molar-refractivity contribution in [2.45, 2.75) is 20.3 Å². The largest absolute Gasteiger partial charge is 0.425 e. The summed E-state index contributed by atoms with van der Waals surface area (Å²) in [4.78, 5) is 22.6. The Hall–Kier alpha value is -2.53. The number of ether oxygens (including phenoxy) is 2. The number of methoxy groups -OCH3 is 1. The third-order valence-electron chi connectivity index (χ3n) is 3.52. The molecule has 0 unspecified atom stereocenters. The lowest BCUT2D eigenvalue weighted by atomic mass is 9.98. The van der Waals surface area contributed by atoms with E-state index in [-0.39, 0.29) is 11.3 Å². The molecule has 1 aromatic rings. The van der Waals surface area contributed by atoms with Crippen molar-refractivity contribution in [2.75, 3.05) is 20.4 Å². The molecule has 0 atom stereocenters. The van der Waals surface area contributed by atoms with Crippen molar-refractivity contribution in [3.05, 3.63) is 65.0 Å². The lowest BCUT2D eigenvalue weighted by Gasteiger charge is -2.09. The molecule has 0 aromatic heterocycles. The Bertz CT molecular complexity index is 702. The van der Waals surface area contributed by atoms with E-state index in [1.807, 2.05) is 19.1 Å². The lowest BCUT2D eigenvalue weighted by Crippen LogP contribution is -2.05. The molecule has 5 heteroatoms. The van der Waals surface area contributed by atoms with Crippen LogP contribution in [0.15, 0.2) is 48.3 Å². The molecule has 0 saturated carbocycles. The van der Waals surface area contributed by atoms with E-state index in [9.17, 15) is 14.0 Å². The molecule has 0 saturated heterocycles. The Morgan fingerprint density at radius 2 is 2.00 bits per heavy atom. The fourth-order valence-electron chi connectivity index (χ4n) is 2.02. The Balaban J connectivity index is 3.03. The molecule has 0 heterocycles. The summed E-state index contributed by atoms with van der Waals surface area (Å²) in [6, 6.07) is 5.46. The molecule has 1 rings (SSSR count). The average molecular weight is 346 g/mol. The van der Waals surface area contributed by atoms with Gasteiger partial charge in [-0.2, -0.15) is 0 Å². The van der Waals surface area contributed by atoms with Gasteiger partial charge >= 0.3 is 5.97 Å². The first-order valence-electron chi connectivity index (χ1n) is 7.81. The second-order valence-electron chi connectivity index (χ2n) is 5.56. The van der Waals surface area contributed by atoms with Crippen molar-refractivity contribution >= 4 is 17.8 Å². The third kappa shape index (κ3) is 6.47. The van der Waals surface area contributed by atoms with Gasteiger partial charge in [-0.3, -0.25) is 4.79 Å². The smallest absolute Gasteiger partial charge is 0.338 e. The normalized spacial score (nSPS) is 12.0. The first kappa shape index (κ1) is 20.5. The number of esters is 1. The second-order valence-corrected chi connectivity index (χ2v) is 5.56. The predicted molar refractivity (Wildman–Crippen MR) is 96.0 cm³/mol. The van der Waals surface area contributed by atoms with E-state index in [1.54, 1.807) is 19.3 Å². The van der Waals surface area contributed by atoms with Crippen LogP contribution in [-0.4, -0.2) is 32.6 Å². The van der Waals surface area contributed by atoms with Crippen molar-refractivity contribution in [2.24, 2.45) is 0 Å². The number of hydrogen-bond donors (Lipinski definition) is 0. The molecular formula is C20H23FO4. The van der Waals surface area contributed by atoms with Gasteiger partial charge in [0, 0.05) is 18.2 Å². The van der Waals surface area contributed by atoms with Crippen LogP contribution in [0, 0.1) is 0 Å². The zero-order valence-corrected chi connectivity index (χ0v) is 14.8. The predicted octanol–water partition coefficient (Wildman–Crippen LogP) is 4.06. The molecule has 4 nitrogen and oxygen atoms in total. The summed E-state index contributed by atoms with van der Waals surface area (Å²) < 4.78 is 22.9. The van der Waals surface area contributed by atoms with Crippen molar-refractivity contribution < 1.29 is 23.5 Å². The summed E-state index contributed by atoms with van der Waals surface area (Å²) >= 11 is 0. The maximum atomic E-state index is 13.0. The van der Waals surface area contributed by atoms with Crippen LogP contribution in [0.4, 0.5) is 4.39 Å². The molecular weight excluding hydrogens is 323 g/mol. The van der Waals surface area contributed by atoms with Gasteiger partial charge in [-0.1, -0.05) is 30.9 Å². The number of hydrogen-bond acceptors (Lipinski definition) is 4. The molecule has 0 radical (unpaired) electrons. The number of carbonyl (C=O) groups excluding carboxylic acids is 2. The van der Waals surface area contributed by atoms with Crippen molar-refractivity contribution in [3.8, 4) is 0 Å². The minimum Gasteiger partial charge on any atom is -0.425 e. The van der Waals surface area contributed by atoms with Gasteiger partial charge in [0.2, 0.25) is 0 Å². The topological polar surface area (TPSA) is 52.6 Å². The van der Waals surface area contributed by atoms with Crippen LogP contribution >= 0.6 is 0 Å². The monoisotopic (exact) mass is 346 g/mol. The van der Waals surface area contributed by atoms with Crippen LogP contribution in [0.1, 0.15) is 35.3 Å². The molecule has 0 aliphatic carbocycles. The highest BCUT2D eigenvalue weighted by Gasteiger charge is 2.08. The number of halogens is 1. The number of allylic oxidation sites excluding steroid dienone is 4. The van der Waals surface area contributed by atoms with E-state index >= 15 is 0 Å². The minimum absolute atomic E-state index is 0.0866. The molecule has 1 aromatic carbocycles. The van der Waals surface area contributed by atoms with E-state index in [0.717, 1.165) is 23.0 Å². The number of benzene rings is 1. The molecule has 0 amide bonds. The fourth-order valence-corrected chi connectivity index (χ4v) is 2.02.